The Morgan fingerprint density at radius 3 is 2.80 bits per heavy atom. The highest BCUT2D eigenvalue weighted by atomic mass is 19.1. The molecule has 25 heavy (non-hydrogen) atoms. The lowest BCUT2D eigenvalue weighted by atomic mass is 10.1. The standard InChI is InChI=1S/C19H17FN2O3/c1-21-9-14-6-13-7-17-18(25-11-24-17)8-16(13)22-19(14)23-10-12-3-2-4-15(20)5-12/h2-8,21H,9-11H2,1H3. The van der Waals surface area contributed by atoms with E-state index in [0.717, 1.165) is 27.8 Å². The molecule has 0 saturated heterocycles. The summed E-state index contributed by atoms with van der Waals surface area (Å²) in [5, 5.41) is 4.06. The summed E-state index contributed by atoms with van der Waals surface area (Å²) in [5.41, 5.74) is 2.44. The Morgan fingerprint density at radius 1 is 1.16 bits per heavy atom. The summed E-state index contributed by atoms with van der Waals surface area (Å²) in [6.07, 6.45) is 0. The third kappa shape index (κ3) is 3.21. The molecule has 0 amide bonds. The highest BCUT2D eigenvalue weighted by Gasteiger charge is 2.17. The van der Waals surface area contributed by atoms with Crippen molar-refractivity contribution in [3.8, 4) is 17.4 Å². The molecule has 0 bridgehead atoms. The third-order valence-electron chi connectivity index (χ3n) is 3.98. The largest absolute Gasteiger partial charge is 0.473 e. The minimum atomic E-state index is -0.282. The average Bonchev–Trinajstić information content (AvgIpc) is 3.05. The molecule has 128 valence electrons. The smallest absolute Gasteiger partial charge is 0.231 e. The first kappa shape index (κ1) is 15.7. The fourth-order valence-electron chi connectivity index (χ4n) is 2.81. The van der Waals surface area contributed by atoms with Gasteiger partial charge in [-0.1, -0.05) is 12.1 Å². The molecule has 0 radical (unpaired) electrons. The molecule has 2 heterocycles. The minimum Gasteiger partial charge on any atom is -0.473 e. The van der Waals surface area contributed by atoms with Gasteiger partial charge >= 0.3 is 0 Å². The summed E-state index contributed by atoms with van der Waals surface area (Å²) < 4.78 is 30.0. The maximum Gasteiger partial charge on any atom is 0.231 e. The van der Waals surface area contributed by atoms with Gasteiger partial charge in [0.05, 0.1) is 5.52 Å². The molecule has 2 aromatic carbocycles. The van der Waals surface area contributed by atoms with Crippen LogP contribution in [0.1, 0.15) is 11.1 Å². The van der Waals surface area contributed by atoms with E-state index in [1.807, 2.05) is 31.3 Å². The number of ether oxygens (including phenoxy) is 3. The Bertz CT molecular complexity index is 930. The van der Waals surface area contributed by atoms with Crippen molar-refractivity contribution in [2.75, 3.05) is 13.8 Å². The predicted octanol–water partition coefficient (Wildman–Crippen LogP) is 3.40. The van der Waals surface area contributed by atoms with E-state index >= 15 is 0 Å². The summed E-state index contributed by atoms with van der Waals surface area (Å²) in [6, 6.07) is 12.1. The molecule has 1 aliphatic rings. The van der Waals surface area contributed by atoms with Gasteiger partial charge < -0.3 is 19.5 Å². The van der Waals surface area contributed by atoms with Crippen molar-refractivity contribution in [3.63, 3.8) is 0 Å². The Kier molecular flexibility index (Phi) is 4.11. The molecule has 0 saturated carbocycles. The summed E-state index contributed by atoms with van der Waals surface area (Å²) >= 11 is 0. The number of hydrogen-bond acceptors (Lipinski definition) is 5. The second kappa shape index (κ2) is 6.57. The van der Waals surface area contributed by atoms with Crippen LogP contribution >= 0.6 is 0 Å². The van der Waals surface area contributed by atoms with Crippen LogP contribution in [-0.4, -0.2) is 18.8 Å². The summed E-state index contributed by atoms with van der Waals surface area (Å²) in [4.78, 5) is 4.62. The molecule has 3 aromatic rings. The van der Waals surface area contributed by atoms with Crippen LogP contribution in [0.4, 0.5) is 4.39 Å². The van der Waals surface area contributed by atoms with E-state index in [1.165, 1.54) is 12.1 Å². The first-order valence-electron chi connectivity index (χ1n) is 7.98. The van der Waals surface area contributed by atoms with Crippen LogP contribution in [0.15, 0.2) is 42.5 Å². The topological polar surface area (TPSA) is 52.6 Å². The summed E-state index contributed by atoms with van der Waals surface area (Å²) in [5.74, 6) is 1.64. The maximum atomic E-state index is 13.3. The molecule has 0 fully saturated rings. The van der Waals surface area contributed by atoms with Crippen LogP contribution < -0.4 is 19.5 Å². The molecular weight excluding hydrogens is 323 g/mol. The van der Waals surface area contributed by atoms with Gasteiger partial charge in [0.25, 0.3) is 0 Å². The lowest BCUT2D eigenvalue weighted by Gasteiger charge is -2.12. The van der Waals surface area contributed by atoms with Crippen molar-refractivity contribution in [1.29, 1.82) is 0 Å². The average molecular weight is 340 g/mol. The van der Waals surface area contributed by atoms with E-state index in [2.05, 4.69) is 10.3 Å². The second-order valence-electron chi connectivity index (χ2n) is 5.80. The lowest BCUT2D eigenvalue weighted by molar-refractivity contribution is 0.174. The lowest BCUT2D eigenvalue weighted by Crippen LogP contribution is -2.09. The number of nitrogens with zero attached hydrogens (tertiary/aromatic N) is 1. The summed E-state index contributed by atoms with van der Waals surface area (Å²) in [7, 11) is 1.86. The summed E-state index contributed by atoms with van der Waals surface area (Å²) in [6.45, 7) is 1.07. The maximum absolute atomic E-state index is 13.3. The highest BCUT2D eigenvalue weighted by molar-refractivity contribution is 5.84. The second-order valence-corrected chi connectivity index (χ2v) is 5.80. The van der Waals surface area contributed by atoms with Gasteiger partial charge in [0, 0.05) is 23.6 Å². The molecule has 6 heteroatoms. The number of benzene rings is 2. The van der Waals surface area contributed by atoms with Crippen LogP contribution in [0.5, 0.6) is 17.4 Å². The third-order valence-corrected chi connectivity index (χ3v) is 3.98. The van der Waals surface area contributed by atoms with E-state index in [9.17, 15) is 4.39 Å². The van der Waals surface area contributed by atoms with Crippen molar-refractivity contribution in [3.05, 3.63) is 59.4 Å². The van der Waals surface area contributed by atoms with Crippen LogP contribution in [0.25, 0.3) is 10.9 Å². The molecule has 1 N–H and O–H groups in total. The Morgan fingerprint density at radius 2 is 2.00 bits per heavy atom. The Hall–Kier alpha value is -2.86. The van der Waals surface area contributed by atoms with E-state index in [-0.39, 0.29) is 19.2 Å². The van der Waals surface area contributed by atoms with Gasteiger partial charge in [-0.05, 0) is 36.9 Å². The van der Waals surface area contributed by atoms with Crippen LogP contribution in [-0.2, 0) is 13.2 Å². The van der Waals surface area contributed by atoms with Gasteiger partial charge in [0.15, 0.2) is 11.5 Å². The van der Waals surface area contributed by atoms with Gasteiger partial charge in [-0.25, -0.2) is 9.37 Å². The first-order valence-corrected chi connectivity index (χ1v) is 7.98. The number of halogens is 1. The van der Waals surface area contributed by atoms with E-state index in [0.29, 0.717) is 18.2 Å². The molecule has 0 spiro atoms. The molecule has 0 atom stereocenters. The number of nitrogens with one attached hydrogen (secondary N) is 1. The zero-order chi connectivity index (χ0) is 17.2. The van der Waals surface area contributed by atoms with E-state index in [1.54, 1.807) is 6.07 Å². The van der Waals surface area contributed by atoms with Crippen LogP contribution in [0.2, 0.25) is 0 Å². The molecule has 1 aromatic heterocycles. The zero-order valence-electron chi connectivity index (χ0n) is 13.7. The highest BCUT2D eigenvalue weighted by Crippen LogP contribution is 2.37. The SMILES string of the molecule is CNCc1cc2cc3c(cc2nc1OCc1cccc(F)c1)OCO3. The number of hydrogen-bond donors (Lipinski definition) is 1. The van der Waals surface area contributed by atoms with Gasteiger partial charge in [0.2, 0.25) is 12.7 Å². The number of aromatic nitrogens is 1. The molecule has 5 nitrogen and oxygen atoms in total. The van der Waals surface area contributed by atoms with Crippen molar-refractivity contribution in [2.45, 2.75) is 13.2 Å². The fraction of sp³-hybridized carbons (Fsp3) is 0.211. The van der Waals surface area contributed by atoms with Gasteiger partial charge in [-0.2, -0.15) is 0 Å². The van der Waals surface area contributed by atoms with E-state index < -0.39 is 0 Å². The van der Waals surface area contributed by atoms with Crippen LogP contribution in [0.3, 0.4) is 0 Å². The zero-order valence-corrected chi connectivity index (χ0v) is 13.7. The monoisotopic (exact) mass is 340 g/mol. The van der Waals surface area contributed by atoms with E-state index in [4.69, 9.17) is 14.2 Å². The number of fused-ring (bicyclic) bond motifs is 2. The van der Waals surface area contributed by atoms with Gasteiger partial charge in [-0.15, -0.1) is 0 Å². The molecule has 1 aliphatic heterocycles. The van der Waals surface area contributed by atoms with Gasteiger partial charge in [0.1, 0.15) is 12.4 Å². The fourth-order valence-corrected chi connectivity index (χ4v) is 2.81. The Balaban J connectivity index is 1.68. The van der Waals surface area contributed by atoms with Crippen LogP contribution in [0, 0.1) is 5.82 Å². The number of pyridine rings is 1. The molecule has 0 unspecified atom stereocenters. The molecule has 0 aliphatic carbocycles. The van der Waals surface area contributed by atoms with Gasteiger partial charge in [-0.3, -0.25) is 0 Å². The van der Waals surface area contributed by atoms with Crippen molar-refractivity contribution < 1.29 is 18.6 Å². The first-order chi connectivity index (χ1) is 12.2. The van der Waals surface area contributed by atoms with Crippen molar-refractivity contribution >= 4 is 10.9 Å². The van der Waals surface area contributed by atoms with Crippen molar-refractivity contribution in [1.82, 2.24) is 10.3 Å². The molecular formula is C19H17FN2O3. The normalized spacial score (nSPS) is 12.6. The Labute approximate surface area is 144 Å². The predicted molar refractivity (Wildman–Crippen MR) is 91.4 cm³/mol. The number of rotatable bonds is 5. The molecule has 4 rings (SSSR count). The minimum absolute atomic E-state index is 0.220. The quantitative estimate of drug-likeness (QED) is 0.771. The van der Waals surface area contributed by atoms with Crippen molar-refractivity contribution in [2.24, 2.45) is 0 Å².